The predicted octanol–water partition coefficient (Wildman–Crippen LogP) is 4.37. The van der Waals surface area contributed by atoms with Gasteiger partial charge in [0.15, 0.2) is 0 Å². The maximum atomic E-state index is 12.5. The third-order valence-electron chi connectivity index (χ3n) is 3.35. The summed E-state index contributed by atoms with van der Waals surface area (Å²) in [5.74, 6) is 0. The van der Waals surface area contributed by atoms with E-state index in [2.05, 4.69) is 26.1 Å². The molecule has 0 amide bonds. The van der Waals surface area contributed by atoms with Crippen LogP contribution in [0.4, 0.5) is 13.2 Å². The van der Waals surface area contributed by atoms with E-state index in [1.807, 2.05) is 0 Å². The van der Waals surface area contributed by atoms with Crippen molar-refractivity contribution < 1.29 is 13.2 Å². The van der Waals surface area contributed by atoms with Crippen LogP contribution in [0.2, 0.25) is 0 Å². The van der Waals surface area contributed by atoms with Crippen molar-refractivity contribution in [3.8, 4) is 0 Å². The van der Waals surface area contributed by atoms with Crippen LogP contribution in [0, 0.1) is 0 Å². The molecular formula is C15H22F3N. The van der Waals surface area contributed by atoms with Gasteiger partial charge in [0.1, 0.15) is 0 Å². The highest BCUT2D eigenvalue weighted by Gasteiger charge is 2.30. The molecule has 1 aromatic carbocycles. The average molecular weight is 273 g/mol. The Labute approximate surface area is 113 Å². The van der Waals surface area contributed by atoms with Gasteiger partial charge >= 0.3 is 6.18 Å². The van der Waals surface area contributed by atoms with Crippen molar-refractivity contribution in [2.24, 2.45) is 0 Å². The molecule has 0 aliphatic carbocycles. The molecule has 108 valence electrons. The van der Waals surface area contributed by atoms with Gasteiger partial charge in [0.25, 0.3) is 0 Å². The van der Waals surface area contributed by atoms with Gasteiger partial charge in [0.2, 0.25) is 0 Å². The van der Waals surface area contributed by atoms with Gasteiger partial charge in [-0.3, -0.25) is 0 Å². The second kappa shape index (κ2) is 6.42. The Kier molecular flexibility index (Phi) is 5.41. The molecule has 0 saturated heterocycles. The average Bonchev–Trinajstić information content (AvgIpc) is 2.34. The molecule has 1 nitrogen and oxygen atoms in total. The molecule has 0 fully saturated rings. The van der Waals surface area contributed by atoms with Crippen LogP contribution in [-0.4, -0.2) is 13.1 Å². The number of hydrogen-bond acceptors (Lipinski definition) is 1. The highest BCUT2D eigenvalue weighted by Crippen LogP contribution is 2.32. The lowest BCUT2D eigenvalue weighted by Gasteiger charge is -2.26. The van der Waals surface area contributed by atoms with Crippen LogP contribution in [0.5, 0.6) is 0 Å². The molecule has 4 heteroatoms. The lowest BCUT2D eigenvalue weighted by molar-refractivity contribution is -0.137. The first-order valence-corrected chi connectivity index (χ1v) is 6.66. The fourth-order valence-electron chi connectivity index (χ4n) is 1.96. The van der Waals surface area contributed by atoms with Crippen molar-refractivity contribution in [2.75, 3.05) is 13.1 Å². The van der Waals surface area contributed by atoms with E-state index >= 15 is 0 Å². The normalized spacial score (nSPS) is 12.7. The number of nitrogens with one attached hydrogen (secondary N) is 1. The molecule has 0 aromatic heterocycles. The van der Waals surface area contributed by atoms with Gasteiger partial charge in [-0.25, -0.2) is 0 Å². The quantitative estimate of drug-likeness (QED) is 0.759. The molecule has 0 heterocycles. The van der Waals surface area contributed by atoms with E-state index in [9.17, 15) is 13.2 Å². The highest BCUT2D eigenvalue weighted by molar-refractivity contribution is 5.29. The first-order valence-electron chi connectivity index (χ1n) is 6.66. The van der Waals surface area contributed by atoms with Crippen molar-refractivity contribution >= 4 is 0 Å². The van der Waals surface area contributed by atoms with Crippen LogP contribution in [0.3, 0.4) is 0 Å². The minimum absolute atomic E-state index is 0.120. The van der Waals surface area contributed by atoms with Gasteiger partial charge in [0.05, 0.1) is 5.56 Å². The Morgan fingerprint density at radius 2 is 1.47 bits per heavy atom. The summed E-state index contributed by atoms with van der Waals surface area (Å²) in [6, 6.07) is 5.50. The van der Waals surface area contributed by atoms with E-state index in [1.165, 1.54) is 0 Å². The number of hydrogen-bond donors (Lipinski definition) is 1. The molecule has 1 rings (SSSR count). The third kappa shape index (κ3) is 4.86. The van der Waals surface area contributed by atoms with Gasteiger partial charge in [-0.2, -0.15) is 13.2 Å². The number of benzene rings is 1. The van der Waals surface area contributed by atoms with Crippen molar-refractivity contribution in [3.63, 3.8) is 0 Å². The Bertz CT molecular complexity index is 379. The van der Waals surface area contributed by atoms with Crippen LogP contribution >= 0.6 is 0 Å². The van der Waals surface area contributed by atoms with Gasteiger partial charge in [0, 0.05) is 0 Å². The lowest BCUT2D eigenvalue weighted by atomic mass is 9.81. The van der Waals surface area contributed by atoms with E-state index in [4.69, 9.17) is 0 Å². The van der Waals surface area contributed by atoms with Gasteiger partial charge < -0.3 is 5.32 Å². The molecule has 1 aromatic rings. The first kappa shape index (κ1) is 16.0. The topological polar surface area (TPSA) is 12.0 Å². The fourth-order valence-corrected chi connectivity index (χ4v) is 1.96. The summed E-state index contributed by atoms with van der Waals surface area (Å²) < 4.78 is 37.5. The minimum Gasteiger partial charge on any atom is -0.317 e. The maximum absolute atomic E-state index is 12.5. The zero-order valence-electron chi connectivity index (χ0n) is 11.8. The Balaban J connectivity index is 2.68. The summed E-state index contributed by atoms with van der Waals surface area (Å²) in [5.41, 5.74) is 0.236. The second-order valence-corrected chi connectivity index (χ2v) is 5.46. The van der Waals surface area contributed by atoms with E-state index < -0.39 is 11.7 Å². The second-order valence-electron chi connectivity index (χ2n) is 5.46. The Morgan fingerprint density at radius 1 is 0.947 bits per heavy atom. The Hall–Kier alpha value is -1.03. The smallest absolute Gasteiger partial charge is 0.317 e. The molecule has 0 saturated carbocycles. The predicted molar refractivity (Wildman–Crippen MR) is 72.2 cm³/mol. The Morgan fingerprint density at radius 3 is 1.95 bits per heavy atom. The summed E-state index contributed by atoms with van der Waals surface area (Å²) in [5, 5.41) is 3.32. The molecule has 0 unspecified atom stereocenters. The van der Waals surface area contributed by atoms with E-state index in [-0.39, 0.29) is 5.41 Å². The fraction of sp³-hybridized carbons (Fsp3) is 0.600. The van der Waals surface area contributed by atoms with Crippen LogP contribution < -0.4 is 5.32 Å². The van der Waals surface area contributed by atoms with Crippen molar-refractivity contribution in [1.82, 2.24) is 5.32 Å². The molecule has 0 aliphatic rings. The van der Waals surface area contributed by atoms with E-state index in [0.29, 0.717) is 0 Å². The monoisotopic (exact) mass is 273 g/mol. The molecular weight excluding hydrogens is 251 g/mol. The summed E-state index contributed by atoms with van der Waals surface area (Å²) in [4.78, 5) is 0. The summed E-state index contributed by atoms with van der Waals surface area (Å²) >= 11 is 0. The highest BCUT2D eigenvalue weighted by atomic mass is 19.4. The maximum Gasteiger partial charge on any atom is 0.416 e. The van der Waals surface area contributed by atoms with Gasteiger partial charge in [-0.15, -0.1) is 0 Å². The summed E-state index contributed by atoms with van der Waals surface area (Å²) in [7, 11) is 0. The molecule has 19 heavy (non-hydrogen) atoms. The van der Waals surface area contributed by atoms with Crippen LogP contribution in [0.15, 0.2) is 24.3 Å². The zero-order valence-corrected chi connectivity index (χ0v) is 11.8. The van der Waals surface area contributed by atoms with Crippen LogP contribution in [0.25, 0.3) is 0 Å². The summed E-state index contributed by atoms with van der Waals surface area (Å²) in [6.07, 6.45) is -2.27. The molecule has 0 radical (unpaired) electrons. The number of alkyl halides is 3. The van der Waals surface area contributed by atoms with E-state index in [0.717, 1.165) is 43.6 Å². The lowest BCUT2D eigenvalue weighted by Crippen LogP contribution is -2.26. The van der Waals surface area contributed by atoms with Crippen molar-refractivity contribution in [2.45, 2.75) is 45.2 Å². The van der Waals surface area contributed by atoms with Crippen LogP contribution in [0.1, 0.15) is 44.7 Å². The molecule has 1 N–H and O–H groups in total. The first-order chi connectivity index (χ1) is 8.77. The molecule has 0 spiro atoms. The third-order valence-corrected chi connectivity index (χ3v) is 3.35. The van der Waals surface area contributed by atoms with Crippen LogP contribution in [-0.2, 0) is 11.6 Å². The van der Waals surface area contributed by atoms with Gasteiger partial charge in [-0.05, 0) is 49.0 Å². The molecule has 0 bridgehead atoms. The standard InChI is InChI=1S/C15H22F3N/c1-4-10-19-11-9-14(2,3)12-5-7-13(8-6-12)15(16,17)18/h5-8,19H,4,9-11H2,1-3H3. The van der Waals surface area contributed by atoms with Gasteiger partial charge in [-0.1, -0.05) is 32.9 Å². The molecule has 0 aliphatic heterocycles. The van der Waals surface area contributed by atoms with Crippen molar-refractivity contribution in [3.05, 3.63) is 35.4 Å². The largest absolute Gasteiger partial charge is 0.416 e. The zero-order chi connectivity index (χ0) is 14.5. The number of rotatable bonds is 6. The minimum atomic E-state index is -4.26. The van der Waals surface area contributed by atoms with Crippen molar-refractivity contribution in [1.29, 1.82) is 0 Å². The summed E-state index contributed by atoms with van der Waals surface area (Å²) in [6.45, 7) is 8.07. The number of halogens is 3. The SMILES string of the molecule is CCCNCCC(C)(C)c1ccc(C(F)(F)F)cc1. The van der Waals surface area contributed by atoms with E-state index in [1.54, 1.807) is 12.1 Å². The molecule has 0 atom stereocenters.